The van der Waals surface area contributed by atoms with E-state index in [9.17, 15) is 4.79 Å². The van der Waals surface area contributed by atoms with E-state index in [-0.39, 0.29) is 24.4 Å². The molecule has 100 valence electrons. The molecule has 1 aliphatic heterocycles. The summed E-state index contributed by atoms with van der Waals surface area (Å²) in [7, 11) is 0. The Morgan fingerprint density at radius 3 is 2.67 bits per heavy atom. The van der Waals surface area contributed by atoms with Crippen molar-refractivity contribution in [1.82, 2.24) is 10.6 Å². The van der Waals surface area contributed by atoms with Gasteiger partial charge in [-0.25, -0.2) is 0 Å². The summed E-state index contributed by atoms with van der Waals surface area (Å²) in [6.07, 6.45) is 1.96. The minimum atomic E-state index is -0.0710. The van der Waals surface area contributed by atoms with Crippen LogP contribution in [0.1, 0.15) is 23.2 Å². The average molecular weight is 401 g/mol. The van der Waals surface area contributed by atoms with Crippen molar-refractivity contribution in [3.8, 4) is 0 Å². The van der Waals surface area contributed by atoms with E-state index in [1.165, 1.54) is 0 Å². The number of carbonyl (C=O) groups is 1. The Morgan fingerprint density at radius 1 is 1.39 bits per heavy atom. The van der Waals surface area contributed by atoms with Crippen molar-refractivity contribution in [1.29, 1.82) is 0 Å². The summed E-state index contributed by atoms with van der Waals surface area (Å²) in [5.74, 6) is -0.0710. The van der Waals surface area contributed by atoms with Crippen molar-refractivity contribution in [2.24, 2.45) is 0 Å². The first-order valence-corrected chi connectivity index (χ1v) is 7.09. The van der Waals surface area contributed by atoms with Gasteiger partial charge in [-0.3, -0.25) is 4.79 Å². The van der Waals surface area contributed by atoms with Gasteiger partial charge in [-0.15, -0.1) is 12.4 Å². The molecule has 2 N–H and O–H groups in total. The second kappa shape index (κ2) is 7.53. The third-order valence-electron chi connectivity index (χ3n) is 2.85. The molecule has 18 heavy (non-hydrogen) atoms. The fraction of sp³-hybridized carbons (Fsp3) is 0.417. The lowest BCUT2D eigenvalue weighted by Crippen LogP contribution is -2.42. The van der Waals surface area contributed by atoms with Gasteiger partial charge in [0, 0.05) is 9.61 Å². The minimum Gasteiger partial charge on any atom is -0.349 e. The third kappa shape index (κ3) is 4.26. The molecule has 1 fully saturated rings. The molecule has 0 radical (unpaired) electrons. The predicted molar refractivity (Wildman–Crippen MR) is 84.8 cm³/mol. The van der Waals surface area contributed by atoms with Crippen LogP contribution in [0.4, 0.5) is 0 Å². The van der Waals surface area contributed by atoms with E-state index in [0.29, 0.717) is 10.6 Å². The Labute approximate surface area is 132 Å². The van der Waals surface area contributed by atoms with Crippen LogP contribution in [0.2, 0.25) is 5.02 Å². The zero-order chi connectivity index (χ0) is 12.3. The fourth-order valence-corrected chi connectivity index (χ4v) is 2.84. The van der Waals surface area contributed by atoms with Crippen molar-refractivity contribution < 1.29 is 4.79 Å². The van der Waals surface area contributed by atoms with Gasteiger partial charge in [0.15, 0.2) is 0 Å². The molecule has 0 aliphatic carbocycles. The van der Waals surface area contributed by atoms with Crippen LogP contribution >= 0.6 is 46.6 Å². The van der Waals surface area contributed by atoms with Gasteiger partial charge in [-0.2, -0.15) is 0 Å². The number of amides is 1. The summed E-state index contributed by atoms with van der Waals surface area (Å²) in [5.41, 5.74) is 0.561. The van der Waals surface area contributed by atoms with Gasteiger partial charge < -0.3 is 10.6 Å². The molecule has 0 bridgehead atoms. The molecular formula is C12H15Cl2IN2O. The number of halogens is 3. The van der Waals surface area contributed by atoms with Gasteiger partial charge in [0.2, 0.25) is 0 Å². The Bertz CT molecular complexity index is 423. The van der Waals surface area contributed by atoms with Crippen LogP contribution in [0.3, 0.4) is 0 Å². The van der Waals surface area contributed by atoms with E-state index < -0.39 is 0 Å². The number of hydrogen-bond donors (Lipinski definition) is 2. The molecule has 1 aromatic carbocycles. The first kappa shape index (κ1) is 16.0. The Morgan fingerprint density at radius 2 is 2.06 bits per heavy atom. The molecule has 0 saturated carbocycles. The lowest BCUT2D eigenvalue weighted by molar-refractivity contribution is 0.0929. The molecule has 1 aliphatic rings. The van der Waals surface area contributed by atoms with Gasteiger partial charge in [0.05, 0.1) is 10.6 Å². The molecule has 0 aromatic heterocycles. The average Bonchev–Trinajstić information content (AvgIpc) is 2.30. The Balaban J connectivity index is 0.00000162. The highest BCUT2D eigenvalue weighted by molar-refractivity contribution is 14.1. The highest BCUT2D eigenvalue weighted by Crippen LogP contribution is 2.19. The summed E-state index contributed by atoms with van der Waals surface area (Å²) in [5, 5.41) is 6.81. The maximum absolute atomic E-state index is 12.0. The molecule has 1 aromatic rings. The second-order valence-electron chi connectivity index (χ2n) is 4.12. The topological polar surface area (TPSA) is 41.1 Å². The van der Waals surface area contributed by atoms with Crippen molar-refractivity contribution in [3.05, 3.63) is 32.4 Å². The minimum absolute atomic E-state index is 0. The SMILES string of the molecule is Cl.O=C(NC1CCNCC1)c1ccc(I)cc1Cl. The molecule has 0 unspecified atom stereocenters. The van der Waals surface area contributed by atoms with E-state index in [2.05, 4.69) is 33.2 Å². The maximum Gasteiger partial charge on any atom is 0.253 e. The van der Waals surface area contributed by atoms with Gasteiger partial charge in [0.25, 0.3) is 5.91 Å². The molecule has 1 heterocycles. The molecular weight excluding hydrogens is 386 g/mol. The van der Waals surface area contributed by atoms with Crippen molar-refractivity contribution in [3.63, 3.8) is 0 Å². The quantitative estimate of drug-likeness (QED) is 0.749. The van der Waals surface area contributed by atoms with Crippen molar-refractivity contribution in [2.45, 2.75) is 18.9 Å². The molecule has 6 heteroatoms. The number of rotatable bonds is 2. The van der Waals surface area contributed by atoms with Crippen LogP contribution in [0.25, 0.3) is 0 Å². The summed E-state index contributed by atoms with van der Waals surface area (Å²) < 4.78 is 1.03. The van der Waals surface area contributed by atoms with Crippen LogP contribution in [-0.2, 0) is 0 Å². The molecule has 1 saturated heterocycles. The first-order chi connectivity index (χ1) is 8.16. The lowest BCUT2D eigenvalue weighted by Gasteiger charge is -2.23. The molecule has 3 nitrogen and oxygen atoms in total. The summed E-state index contributed by atoms with van der Waals surface area (Å²) in [4.78, 5) is 12.0. The highest BCUT2D eigenvalue weighted by Gasteiger charge is 2.17. The summed E-state index contributed by atoms with van der Waals surface area (Å²) in [6, 6.07) is 5.74. The molecule has 1 amide bonds. The summed E-state index contributed by atoms with van der Waals surface area (Å²) >= 11 is 8.24. The van der Waals surface area contributed by atoms with Crippen LogP contribution in [-0.4, -0.2) is 25.0 Å². The van der Waals surface area contributed by atoms with Crippen LogP contribution in [0.15, 0.2) is 18.2 Å². The van der Waals surface area contributed by atoms with Crippen LogP contribution in [0, 0.1) is 3.57 Å². The van der Waals surface area contributed by atoms with Gasteiger partial charge in [-0.05, 0) is 66.7 Å². The zero-order valence-electron chi connectivity index (χ0n) is 9.71. The zero-order valence-corrected chi connectivity index (χ0v) is 13.4. The predicted octanol–water partition coefficient (Wildman–Crippen LogP) is 2.85. The molecule has 0 spiro atoms. The van der Waals surface area contributed by atoms with E-state index >= 15 is 0 Å². The van der Waals surface area contributed by atoms with Crippen LogP contribution < -0.4 is 10.6 Å². The van der Waals surface area contributed by atoms with Gasteiger partial charge >= 0.3 is 0 Å². The standard InChI is InChI=1S/C12H14ClIN2O.ClH/c13-11-7-8(14)1-2-10(11)12(17)16-9-3-5-15-6-4-9;/h1-2,7,9,15H,3-6H2,(H,16,17);1H. The number of carbonyl (C=O) groups excluding carboxylic acids is 1. The van der Waals surface area contributed by atoms with Crippen LogP contribution in [0.5, 0.6) is 0 Å². The molecule has 2 rings (SSSR count). The number of benzene rings is 1. The third-order valence-corrected chi connectivity index (χ3v) is 3.83. The smallest absolute Gasteiger partial charge is 0.253 e. The van der Waals surface area contributed by atoms with Gasteiger partial charge in [0.1, 0.15) is 0 Å². The van der Waals surface area contributed by atoms with E-state index in [0.717, 1.165) is 29.5 Å². The maximum atomic E-state index is 12.0. The number of piperidine rings is 1. The van der Waals surface area contributed by atoms with E-state index in [1.807, 2.05) is 6.07 Å². The van der Waals surface area contributed by atoms with E-state index in [1.54, 1.807) is 12.1 Å². The highest BCUT2D eigenvalue weighted by atomic mass is 127. The first-order valence-electron chi connectivity index (χ1n) is 5.63. The molecule has 0 atom stereocenters. The van der Waals surface area contributed by atoms with Crippen molar-refractivity contribution in [2.75, 3.05) is 13.1 Å². The lowest BCUT2D eigenvalue weighted by atomic mass is 10.1. The Hall–Kier alpha value is -0.0400. The van der Waals surface area contributed by atoms with Gasteiger partial charge in [-0.1, -0.05) is 11.6 Å². The van der Waals surface area contributed by atoms with Crippen molar-refractivity contribution >= 4 is 52.5 Å². The fourth-order valence-electron chi connectivity index (χ4n) is 1.90. The van der Waals surface area contributed by atoms with E-state index in [4.69, 9.17) is 11.6 Å². The number of nitrogens with one attached hydrogen (secondary N) is 2. The summed E-state index contributed by atoms with van der Waals surface area (Å²) in [6.45, 7) is 1.93. The monoisotopic (exact) mass is 400 g/mol. The largest absolute Gasteiger partial charge is 0.349 e. The number of hydrogen-bond acceptors (Lipinski definition) is 2. The Kier molecular flexibility index (Phi) is 6.70. The second-order valence-corrected chi connectivity index (χ2v) is 5.77. The normalized spacial score (nSPS) is 15.9.